The van der Waals surface area contributed by atoms with Gasteiger partial charge in [0.15, 0.2) is 0 Å². The van der Waals surface area contributed by atoms with Crippen molar-refractivity contribution in [1.29, 1.82) is 0 Å². The molecular weight excluding hydrogens is 500 g/mol. The molecule has 41 heavy (non-hydrogen) atoms. The second-order valence-corrected chi connectivity index (χ2v) is 12.9. The minimum atomic E-state index is 0.762. The van der Waals surface area contributed by atoms with E-state index in [-0.39, 0.29) is 0 Å². The van der Waals surface area contributed by atoms with Crippen molar-refractivity contribution in [3.8, 4) is 0 Å². The highest BCUT2D eigenvalue weighted by atomic mass is 16.1. The van der Waals surface area contributed by atoms with Crippen molar-refractivity contribution >= 4 is 12.6 Å². The maximum Gasteiger partial charge on any atom is 0.119 e. The van der Waals surface area contributed by atoms with Gasteiger partial charge in [0.25, 0.3) is 0 Å². The van der Waals surface area contributed by atoms with Gasteiger partial charge >= 0.3 is 0 Å². The zero-order valence-corrected chi connectivity index (χ0v) is 28.7. The standard InChI is InChI=1S/C23H46O.C16H32O/c1-2-3-4-5-6-7-8-9-10-11-12-13-14-15-16-17-18-19-20-21-22-23-24;1-2-3-4-5-6-7-8-9-10-11-12-13-14-15-16-17/h23H,2-22H2,1H3;16H,2-15H2,1H3. The second kappa shape index (κ2) is 43.8. The van der Waals surface area contributed by atoms with Crippen LogP contribution < -0.4 is 0 Å². The lowest BCUT2D eigenvalue weighted by atomic mass is 10.0. The van der Waals surface area contributed by atoms with Crippen molar-refractivity contribution < 1.29 is 9.59 Å². The molecule has 0 rings (SSSR count). The summed E-state index contributed by atoms with van der Waals surface area (Å²) in [6, 6.07) is 0. The smallest absolute Gasteiger partial charge is 0.119 e. The van der Waals surface area contributed by atoms with E-state index in [4.69, 9.17) is 0 Å². The van der Waals surface area contributed by atoms with Gasteiger partial charge in [-0.1, -0.05) is 213 Å². The minimum Gasteiger partial charge on any atom is -0.303 e. The van der Waals surface area contributed by atoms with E-state index >= 15 is 0 Å². The SMILES string of the molecule is CCCCCCCCCCCCCCCC=O.CCCCCCCCCCCCCCCCCCCCCCC=O. The zero-order chi connectivity index (χ0) is 30.2. The molecule has 246 valence electrons. The molecule has 0 fully saturated rings. The molecule has 0 aromatic carbocycles. The molecule has 0 aliphatic rings. The third kappa shape index (κ3) is 46.5. The van der Waals surface area contributed by atoms with Crippen molar-refractivity contribution in [3.05, 3.63) is 0 Å². The fourth-order valence-electron chi connectivity index (χ4n) is 5.73. The summed E-state index contributed by atoms with van der Waals surface area (Å²) in [4.78, 5) is 20.3. The summed E-state index contributed by atoms with van der Waals surface area (Å²) >= 11 is 0. The summed E-state index contributed by atoms with van der Waals surface area (Å²) in [7, 11) is 0. The molecule has 2 heteroatoms. The Morgan fingerprint density at radius 3 is 0.537 bits per heavy atom. The van der Waals surface area contributed by atoms with Crippen LogP contribution in [0.1, 0.15) is 239 Å². The summed E-state index contributed by atoms with van der Waals surface area (Å²) in [5.74, 6) is 0. The summed E-state index contributed by atoms with van der Waals surface area (Å²) in [6.07, 6.45) is 49.6. The van der Waals surface area contributed by atoms with Crippen molar-refractivity contribution in [1.82, 2.24) is 0 Å². The van der Waals surface area contributed by atoms with Gasteiger partial charge in [0.1, 0.15) is 12.6 Å². The third-order valence-corrected chi connectivity index (χ3v) is 8.60. The lowest BCUT2D eigenvalue weighted by Crippen LogP contribution is -1.84. The van der Waals surface area contributed by atoms with E-state index in [2.05, 4.69) is 13.8 Å². The van der Waals surface area contributed by atoms with Crippen LogP contribution in [0.25, 0.3) is 0 Å². The molecule has 0 aromatic rings. The van der Waals surface area contributed by atoms with Gasteiger partial charge in [-0.2, -0.15) is 0 Å². The van der Waals surface area contributed by atoms with E-state index in [0.717, 1.165) is 38.3 Å². The fourth-order valence-corrected chi connectivity index (χ4v) is 5.73. The highest BCUT2D eigenvalue weighted by Gasteiger charge is 1.96. The minimum absolute atomic E-state index is 0.762. The Bertz CT molecular complexity index is 447. The lowest BCUT2D eigenvalue weighted by Gasteiger charge is -2.04. The van der Waals surface area contributed by atoms with Crippen LogP contribution in [0.3, 0.4) is 0 Å². The monoisotopic (exact) mass is 579 g/mol. The van der Waals surface area contributed by atoms with Crippen LogP contribution >= 0.6 is 0 Å². The number of carbonyl (C=O) groups is 2. The van der Waals surface area contributed by atoms with Gasteiger partial charge in [-0.25, -0.2) is 0 Å². The average molecular weight is 579 g/mol. The van der Waals surface area contributed by atoms with E-state index in [1.807, 2.05) is 0 Å². The van der Waals surface area contributed by atoms with Gasteiger partial charge in [-0.3, -0.25) is 0 Å². The van der Waals surface area contributed by atoms with Crippen LogP contribution in [0, 0.1) is 0 Å². The highest BCUT2D eigenvalue weighted by molar-refractivity contribution is 5.49. The molecule has 2 nitrogen and oxygen atoms in total. The Kier molecular flexibility index (Phi) is 45.4. The number of unbranched alkanes of at least 4 members (excludes halogenated alkanes) is 33. The van der Waals surface area contributed by atoms with E-state index in [1.165, 1.54) is 199 Å². The molecule has 0 aromatic heterocycles. The van der Waals surface area contributed by atoms with Crippen LogP contribution in [0.5, 0.6) is 0 Å². The Morgan fingerprint density at radius 2 is 0.390 bits per heavy atom. The molecule has 0 N–H and O–H groups in total. The van der Waals surface area contributed by atoms with Crippen molar-refractivity contribution in [2.24, 2.45) is 0 Å². The molecule has 0 amide bonds. The summed E-state index contributed by atoms with van der Waals surface area (Å²) in [6.45, 7) is 4.56. The van der Waals surface area contributed by atoms with Crippen LogP contribution in [0.15, 0.2) is 0 Å². The Balaban J connectivity index is 0. The Labute approximate surface area is 260 Å². The molecular formula is C39H78O2. The van der Waals surface area contributed by atoms with Crippen LogP contribution in [0.2, 0.25) is 0 Å². The van der Waals surface area contributed by atoms with Crippen LogP contribution in [-0.2, 0) is 9.59 Å². The topological polar surface area (TPSA) is 34.1 Å². The van der Waals surface area contributed by atoms with E-state index < -0.39 is 0 Å². The van der Waals surface area contributed by atoms with Crippen molar-refractivity contribution in [2.75, 3.05) is 0 Å². The molecule has 0 aliphatic carbocycles. The largest absolute Gasteiger partial charge is 0.303 e. The van der Waals surface area contributed by atoms with Gasteiger partial charge in [-0.15, -0.1) is 0 Å². The number of carbonyl (C=O) groups excluding carboxylic acids is 2. The Morgan fingerprint density at radius 1 is 0.244 bits per heavy atom. The maximum absolute atomic E-state index is 10.2. The number of aldehydes is 2. The van der Waals surface area contributed by atoms with Gasteiger partial charge in [0, 0.05) is 12.8 Å². The first-order valence-electron chi connectivity index (χ1n) is 19.2. The molecule has 0 atom stereocenters. The fraction of sp³-hybridized carbons (Fsp3) is 0.949. The Hall–Kier alpha value is -0.660. The third-order valence-electron chi connectivity index (χ3n) is 8.60. The number of hydrogen-bond acceptors (Lipinski definition) is 2. The predicted molar refractivity (Wildman–Crippen MR) is 185 cm³/mol. The normalized spacial score (nSPS) is 10.9. The quantitative estimate of drug-likeness (QED) is 0.0553. The predicted octanol–water partition coefficient (Wildman–Crippen LogP) is 14.1. The van der Waals surface area contributed by atoms with Gasteiger partial charge < -0.3 is 9.59 Å². The van der Waals surface area contributed by atoms with E-state index in [0.29, 0.717) is 0 Å². The van der Waals surface area contributed by atoms with Crippen molar-refractivity contribution in [2.45, 2.75) is 239 Å². The first-order valence-corrected chi connectivity index (χ1v) is 19.2. The molecule has 0 heterocycles. The summed E-state index contributed by atoms with van der Waals surface area (Å²) in [5, 5.41) is 0. The van der Waals surface area contributed by atoms with Crippen molar-refractivity contribution in [3.63, 3.8) is 0 Å². The second-order valence-electron chi connectivity index (χ2n) is 12.9. The maximum atomic E-state index is 10.2. The van der Waals surface area contributed by atoms with Gasteiger partial charge in [-0.05, 0) is 12.8 Å². The molecule has 0 unspecified atom stereocenters. The first-order chi connectivity index (χ1) is 20.3. The summed E-state index contributed by atoms with van der Waals surface area (Å²) in [5.41, 5.74) is 0. The molecule has 0 radical (unpaired) electrons. The number of hydrogen-bond donors (Lipinski definition) is 0. The van der Waals surface area contributed by atoms with E-state index in [9.17, 15) is 9.59 Å². The molecule has 0 aliphatic heterocycles. The molecule has 0 bridgehead atoms. The van der Waals surface area contributed by atoms with E-state index in [1.54, 1.807) is 0 Å². The van der Waals surface area contributed by atoms with Crippen LogP contribution in [0.4, 0.5) is 0 Å². The highest BCUT2D eigenvalue weighted by Crippen LogP contribution is 2.15. The zero-order valence-electron chi connectivity index (χ0n) is 28.7. The first kappa shape index (κ1) is 42.5. The molecule has 0 saturated carbocycles. The van der Waals surface area contributed by atoms with Crippen LogP contribution in [-0.4, -0.2) is 12.6 Å². The molecule has 0 saturated heterocycles. The molecule has 0 spiro atoms. The summed E-state index contributed by atoms with van der Waals surface area (Å²) < 4.78 is 0. The number of rotatable bonds is 35. The average Bonchev–Trinajstić information content (AvgIpc) is 2.99. The lowest BCUT2D eigenvalue weighted by molar-refractivity contribution is -0.108. The van der Waals surface area contributed by atoms with Gasteiger partial charge in [0.2, 0.25) is 0 Å². The van der Waals surface area contributed by atoms with Gasteiger partial charge in [0.05, 0.1) is 0 Å².